The number of halogens is 1. The smallest absolute Gasteiger partial charge is 0.325 e. The first-order chi connectivity index (χ1) is 16.5. The molecule has 0 aromatic heterocycles. The number of rotatable bonds is 7. The molecule has 0 amide bonds. The molecule has 0 unspecified atom stereocenters. The van der Waals surface area contributed by atoms with E-state index in [9.17, 15) is 4.79 Å². The second-order valence-corrected chi connectivity index (χ2v) is 8.48. The quantitative estimate of drug-likeness (QED) is 0.399. The van der Waals surface area contributed by atoms with Crippen LogP contribution in [-0.4, -0.2) is 51.7 Å². The van der Waals surface area contributed by atoms with Gasteiger partial charge in [0.15, 0.2) is 11.5 Å². The molecule has 0 radical (unpaired) electrons. The first kappa shape index (κ1) is 23.6. The maximum atomic E-state index is 12.6. The van der Waals surface area contributed by atoms with Crippen molar-refractivity contribution in [3.63, 3.8) is 0 Å². The van der Waals surface area contributed by atoms with Crippen LogP contribution in [0.25, 0.3) is 0 Å². The zero-order valence-corrected chi connectivity index (χ0v) is 21.0. The minimum Gasteiger partial charge on any atom is -0.496 e. The summed E-state index contributed by atoms with van der Waals surface area (Å²) < 4.78 is 22.7. The fourth-order valence-corrected chi connectivity index (χ4v) is 4.48. The summed E-state index contributed by atoms with van der Waals surface area (Å²) in [5, 5.41) is 0. The topological polar surface area (TPSA) is 69.6 Å². The highest BCUT2D eigenvalue weighted by atomic mass is 79.9. The van der Waals surface area contributed by atoms with Gasteiger partial charge in [0.05, 0.1) is 45.7 Å². The maximum absolute atomic E-state index is 12.6. The van der Waals surface area contributed by atoms with Gasteiger partial charge in [-0.1, -0.05) is 46.3 Å². The number of carbonyl (C=O) groups excluding carboxylic acids is 1. The molecule has 0 saturated carbocycles. The number of nitrogens with zero attached hydrogens (tertiary/aromatic N) is 2. The van der Waals surface area contributed by atoms with Crippen molar-refractivity contribution in [2.24, 2.45) is 4.99 Å². The Morgan fingerprint density at radius 3 is 2.24 bits per heavy atom. The SMILES string of the molecule is COC(=O)CN1C(c2cc(OC)c(OC)cc2OC)=Nc2ccc(Br)cc2[C@@H]1c1ccccc1. The Labute approximate surface area is 207 Å². The molecule has 0 fully saturated rings. The Morgan fingerprint density at radius 1 is 0.912 bits per heavy atom. The lowest BCUT2D eigenvalue weighted by atomic mass is 9.92. The molecule has 0 aliphatic carbocycles. The van der Waals surface area contributed by atoms with Crippen LogP contribution in [0.4, 0.5) is 5.69 Å². The molecule has 7 nitrogen and oxygen atoms in total. The van der Waals surface area contributed by atoms with Crippen LogP contribution >= 0.6 is 15.9 Å². The molecule has 0 N–H and O–H groups in total. The van der Waals surface area contributed by atoms with Gasteiger partial charge < -0.3 is 23.8 Å². The second kappa shape index (κ2) is 10.2. The standard InChI is InChI=1S/C26H25BrN2O5/c1-31-21-14-23(33-3)22(32-2)13-19(21)26-28-20-11-10-17(27)12-18(20)25(16-8-6-5-7-9-16)29(26)15-24(30)34-4/h5-14,25H,15H2,1-4H3/t25-/m0/s1. The highest BCUT2D eigenvalue weighted by Crippen LogP contribution is 2.44. The van der Waals surface area contributed by atoms with Gasteiger partial charge in [-0.05, 0) is 29.8 Å². The average Bonchev–Trinajstić information content (AvgIpc) is 2.87. The third-order valence-corrected chi connectivity index (χ3v) is 6.18. The molecule has 176 valence electrons. The van der Waals surface area contributed by atoms with Crippen molar-refractivity contribution in [1.82, 2.24) is 4.90 Å². The number of benzene rings is 3. The van der Waals surface area contributed by atoms with Crippen LogP contribution < -0.4 is 14.2 Å². The number of methoxy groups -OCH3 is 4. The lowest BCUT2D eigenvalue weighted by Crippen LogP contribution is -2.42. The number of ether oxygens (including phenoxy) is 4. The fourth-order valence-electron chi connectivity index (χ4n) is 4.10. The molecule has 0 bridgehead atoms. The van der Waals surface area contributed by atoms with Crippen molar-refractivity contribution in [2.75, 3.05) is 35.0 Å². The number of hydrogen-bond donors (Lipinski definition) is 0. The van der Waals surface area contributed by atoms with Crippen molar-refractivity contribution < 1.29 is 23.7 Å². The molecule has 4 rings (SSSR count). The van der Waals surface area contributed by atoms with E-state index in [-0.39, 0.29) is 18.6 Å². The van der Waals surface area contributed by atoms with Crippen molar-refractivity contribution in [2.45, 2.75) is 6.04 Å². The van der Waals surface area contributed by atoms with Crippen LogP contribution in [0.15, 0.2) is 70.1 Å². The molecule has 1 aliphatic heterocycles. The van der Waals surface area contributed by atoms with E-state index in [1.54, 1.807) is 27.4 Å². The summed E-state index contributed by atoms with van der Waals surface area (Å²) in [6.07, 6.45) is 0. The second-order valence-electron chi connectivity index (χ2n) is 7.56. The van der Waals surface area contributed by atoms with Crippen LogP contribution in [0, 0.1) is 0 Å². The average molecular weight is 525 g/mol. The van der Waals surface area contributed by atoms with Crippen LogP contribution in [0.3, 0.4) is 0 Å². The third kappa shape index (κ3) is 4.46. The molecule has 34 heavy (non-hydrogen) atoms. The number of fused-ring (bicyclic) bond motifs is 1. The highest BCUT2D eigenvalue weighted by molar-refractivity contribution is 9.10. The zero-order valence-electron chi connectivity index (χ0n) is 19.4. The lowest BCUT2D eigenvalue weighted by Gasteiger charge is -2.38. The molecule has 1 atom stereocenters. The zero-order chi connectivity index (χ0) is 24.2. The lowest BCUT2D eigenvalue weighted by molar-refractivity contribution is -0.141. The van der Waals surface area contributed by atoms with E-state index < -0.39 is 0 Å². The van der Waals surface area contributed by atoms with Gasteiger partial charge in [-0.3, -0.25) is 4.79 Å². The predicted molar refractivity (Wildman–Crippen MR) is 133 cm³/mol. The Bertz CT molecular complexity index is 1230. The summed E-state index contributed by atoms with van der Waals surface area (Å²) in [6.45, 7) is -0.0155. The molecule has 3 aromatic rings. The van der Waals surface area contributed by atoms with Crippen molar-refractivity contribution in [3.05, 3.63) is 81.8 Å². The largest absolute Gasteiger partial charge is 0.496 e. The molecule has 8 heteroatoms. The van der Waals surface area contributed by atoms with Crippen molar-refractivity contribution in [1.29, 1.82) is 0 Å². The minimum absolute atomic E-state index is 0.0155. The Kier molecular flexibility index (Phi) is 7.07. The van der Waals surface area contributed by atoms with Gasteiger partial charge in [0.25, 0.3) is 0 Å². The van der Waals surface area contributed by atoms with Crippen LogP contribution in [-0.2, 0) is 9.53 Å². The summed E-state index contributed by atoms with van der Waals surface area (Å²) in [6, 6.07) is 19.2. The van der Waals surface area contributed by atoms with Crippen molar-refractivity contribution >= 4 is 33.4 Å². The van der Waals surface area contributed by atoms with E-state index in [4.69, 9.17) is 23.9 Å². The van der Waals surface area contributed by atoms with E-state index in [0.29, 0.717) is 28.6 Å². The van der Waals surface area contributed by atoms with Gasteiger partial charge in [-0.15, -0.1) is 0 Å². The molecule has 3 aromatic carbocycles. The summed E-state index contributed by atoms with van der Waals surface area (Å²) in [5.41, 5.74) is 3.44. The predicted octanol–water partition coefficient (Wildman–Crippen LogP) is 5.13. The molecular formula is C26H25BrN2O5. The number of aliphatic imine (C=N–C) groups is 1. The summed E-state index contributed by atoms with van der Waals surface area (Å²) in [7, 11) is 6.10. The van der Waals surface area contributed by atoms with E-state index in [2.05, 4.69) is 15.9 Å². The van der Waals surface area contributed by atoms with Crippen molar-refractivity contribution in [3.8, 4) is 17.2 Å². The molecular weight excluding hydrogens is 500 g/mol. The first-order valence-corrected chi connectivity index (χ1v) is 11.4. The highest BCUT2D eigenvalue weighted by Gasteiger charge is 2.35. The minimum atomic E-state index is -0.383. The molecule has 0 saturated heterocycles. The summed E-state index contributed by atoms with van der Waals surface area (Å²) >= 11 is 3.58. The van der Waals surface area contributed by atoms with E-state index in [1.807, 2.05) is 59.5 Å². The monoisotopic (exact) mass is 524 g/mol. The Balaban J connectivity index is 2.00. The molecule has 1 heterocycles. The first-order valence-electron chi connectivity index (χ1n) is 10.6. The summed E-state index contributed by atoms with van der Waals surface area (Å²) in [4.78, 5) is 19.5. The summed E-state index contributed by atoms with van der Waals surface area (Å²) in [5.74, 6) is 1.77. The van der Waals surface area contributed by atoms with Gasteiger partial charge >= 0.3 is 5.97 Å². The van der Waals surface area contributed by atoms with Gasteiger partial charge in [-0.25, -0.2) is 4.99 Å². The maximum Gasteiger partial charge on any atom is 0.325 e. The Morgan fingerprint density at radius 2 is 1.59 bits per heavy atom. The number of amidine groups is 1. The van der Waals surface area contributed by atoms with Crippen LogP contribution in [0.2, 0.25) is 0 Å². The van der Waals surface area contributed by atoms with Gasteiger partial charge in [-0.2, -0.15) is 0 Å². The third-order valence-electron chi connectivity index (χ3n) is 5.68. The fraction of sp³-hybridized carbons (Fsp3) is 0.231. The van der Waals surface area contributed by atoms with Gasteiger partial charge in [0.1, 0.15) is 18.1 Å². The van der Waals surface area contributed by atoms with E-state index in [1.165, 1.54) is 7.11 Å². The number of esters is 1. The van der Waals surface area contributed by atoms with E-state index >= 15 is 0 Å². The van der Waals surface area contributed by atoms with Gasteiger partial charge in [0, 0.05) is 16.1 Å². The Hall–Kier alpha value is -3.52. The number of carbonyl (C=O) groups is 1. The van der Waals surface area contributed by atoms with Gasteiger partial charge in [0.2, 0.25) is 0 Å². The molecule has 1 aliphatic rings. The van der Waals surface area contributed by atoms with Crippen LogP contribution in [0.5, 0.6) is 17.2 Å². The molecule has 0 spiro atoms. The van der Waals surface area contributed by atoms with E-state index in [0.717, 1.165) is 21.3 Å². The normalized spacial score (nSPS) is 14.7. The number of hydrogen-bond acceptors (Lipinski definition) is 7. The van der Waals surface area contributed by atoms with Crippen LogP contribution in [0.1, 0.15) is 22.7 Å².